The van der Waals surface area contributed by atoms with E-state index in [0.29, 0.717) is 11.1 Å². The van der Waals surface area contributed by atoms with Crippen molar-refractivity contribution in [3.63, 3.8) is 0 Å². The Kier molecular flexibility index (Phi) is 5.52. The molecule has 2 aromatic carbocycles. The monoisotopic (exact) mass is 312 g/mol. The van der Waals surface area contributed by atoms with E-state index in [1.807, 2.05) is 6.07 Å². The summed E-state index contributed by atoms with van der Waals surface area (Å²) in [5, 5.41) is 9.94. The van der Waals surface area contributed by atoms with E-state index in [9.17, 15) is 14.7 Å². The van der Waals surface area contributed by atoms with Gasteiger partial charge in [-0.15, -0.1) is 0 Å². The molecule has 0 aliphatic rings. The summed E-state index contributed by atoms with van der Waals surface area (Å²) in [6.07, 6.45) is 1.06. The van der Waals surface area contributed by atoms with E-state index in [0.717, 1.165) is 6.08 Å². The third kappa shape index (κ3) is 4.44. The number of benzene rings is 2. The van der Waals surface area contributed by atoms with E-state index >= 15 is 0 Å². The van der Waals surface area contributed by atoms with Crippen LogP contribution in [0.3, 0.4) is 0 Å². The van der Waals surface area contributed by atoms with E-state index in [4.69, 9.17) is 9.47 Å². The molecule has 0 unspecified atom stereocenters. The number of ketones is 1. The minimum absolute atomic E-state index is 0.0367. The number of rotatable bonds is 7. The number of carbonyl (C=O) groups is 2. The summed E-state index contributed by atoms with van der Waals surface area (Å²) in [5.74, 6) is -0.667. The standard InChI is InChI=1S/C18H16O5/c1-2-17(20)23-11-10-22-16-9-8-14(12-15(16)19)18(21)13-6-4-3-5-7-13/h2-9,12,19H,1,10-11H2. The zero-order valence-electron chi connectivity index (χ0n) is 12.4. The molecule has 2 rings (SSSR count). The van der Waals surface area contributed by atoms with Gasteiger partial charge in [0, 0.05) is 17.2 Å². The van der Waals surface area contributed by atoms with Crippen LogP contribution in [-0.4, -0.2) is 30.1 Å². The molecule has 0 heterocycles. The van der Waals surface area contributed by atoms with Crippen LogP contribution in [0.15, 0.2) is 61.2 Å². The fraction of sp³-hybridized carbons (Fsp3) is 0.111. The minimum Gasteiger partial charge on any atom is -0.504 e. The van der Waals surface area contributed by atoms with Crippen LogP contribution >= 0.6 is 0 Å². The van der Waals surface area contributed by atoms with Crippen LogP contribution in [0.4, 0.5) is 0 Å². The van der Waals surface area contributed by atoms with Crippen molar-refractivity contribution in [3.05, 3.63) is 72.3 Å². The highest BCUT2D eigenvalue weighted by molar-refractivity contribution is 6.09. The number of hydrogen-bond donors (Lipinski definition) is 1. The number of hydrogen-bond acceptors (Lipinski definition) is 5. The number of phenols is 1. The lowest BCUT2D eigenvalue weighted by atomic mass is 10.0. The summed E-state index contributed by atoms with van der Waals surface area (Å²) in [6, 6.07) is 13.2. The fourth-order valence-electron chi connectivity index (χ4n) is 1.89. The molecule has 0 aromatic heterocycles. The number of carbonyl (C=O) groups excluding carboxylic acids is 2. The third-order valence-corrected chi connectivity index (χ3v) is 3.01. The minimum atomic E-state index is -0.540. The van der Waals surface area contributed by atoms with Gasteiger partial charge in [-0.1, -0.05) is 36.9 Å². The maximum atomic E-state index is 12.3. The predicted molar refractivity (Wildman–Crippen MR) is 84.6 cm³/mol. The van der Waals surface area contributed by atoms with Crippen molar-refractivity contribution < 1.29 is 24.2 Å². The van der Waals surface area contributed by atoms with Crippen molar-refractivity contribution in [3.8, 4) is 11.5 Å². The number of aromatic hydroxyl groups is 1. The number of esters is 1. The topological polar surface area (TPSA) is 72.8 Å². The Bertz CT molecular complexity index is 707. The van der Waals surface area contributed by atoms with Gasteiger partial charge in [-0.2, -0.15) is 0 Å². The molecule has 23 heavy (non-hydrogen) atoms. The number of phenolic OH excluding ortho intramolecular Hbond substituents is 1. The normalized spacial score (nSPS) is 9.91. The van der Waals surface area contributed by atoms with Gasteiger partial charge in [-0.05, 0) is 18.2 Å². The average molecular weight is 312 g/mol. The van der Waals surface area contributed by atoms with Crippen molar-refractivity contribution in [2.24, 2.45) is 0 Å². The third-order valence-electron chi connectivity index (χ3n) is 3.01. The summed E-state index contributed by atoms with van der Waals surface area (Å²) in [5.41, 5.74) is 0.899. The molecule has 0 bridgehead atoms. The highest BCUT2D eigenvalue weighted by Gasteiger charge is 2.12. The molecule has 0 amide bonds. The second kappa shape index (κ2) is 7.79. The van der Waals surface area contributed by atoms with Crippen LogP contribution < -0.4 is 4.74 Å². The quantitative estimate of drug-likeness (QED) is 0.368. The predicted octanol–water partition coefficient (Wildman–Crippen LogP) is 2.73. The van der Waals surface area contributed by atoms with Crippen LogP contribution in [0.1, 0.15) is 15.9 Å². The Morgan fingerprint density at radius 1 is 1.04 bits per heavy atom. The van der Waals surface area contributed by atoms with Crippen molar-refractivity contribution in [1.82, 2.24) is 0 Å². The van der Waals surface area contributed by atoms with Gasteiger partial charge in [0.1, 0.15) is 13.2 Å². The molecule has 118 valence electrons. The summed E-state index contributed by atoms with van der Waals surface area (Å²) >= 11 is 0. The van der Waals surface area contributed by atoms with E-state index in [2.05, 4.69) is 6.58 Å². The molecule has 0 radical (unpaired) electrons. The first-order valence-electron chi connectivity index (χ1n) is 6.96. The highest BCUT2D eigenvalue weighted by Crippen LogP contribution is 2.27. The summed E-state index contributed by atoms with van der Waals surface area (Å²) in [6.45, 7) is 3.39. The van der Waals surface area contributed by atoms with Crippen LogP contribution in [0.25, 0.3) is 0 Å². The van der Waals surface area contributed by atoms with E-state index in [1.165, 1.54) is 12.1 Å². The van der Waals surface area contributed by atoms with Crippen LogP contribution in [-0.2, 0) is 9.53 Å². The second-order valence-corrected chi connectivity index (χ2v) is 4.60. The lowest BCUT2D eigenvalue weighted by Gasteiger charge is -2.09. The molecular formula is C18H16O5. The largest absolute Gasteiger partial charge is 0.504 e. The maximum absolute atomic E-state index is 12.3. The van der Waals surface area contributed by atoms with Crippen molar-refractivity contribution in [2.45, 2.75) is 0 Å². The molecule has 1 N–H and O–H groups in total. The molecule has 0 spiro atoms. The zero-order chi connectivity index (χ0) is 16.7. The summed E-state index contributed by atoms with van der Waals surface area (Å²) < 4.78 is 10.1. The van der Waals surface area contributed by atoms with Crippen molar-refractivity contribution in [1.29, 1.82) is 0 Å². The average Bonchev–Trinajstić information content (AvgIpc) is 2.59. The SMILES string of the molecule is C=CC(=O)OCCOc1ccc(C(=O)c2ccccc2)cc1O. The van der Waals surface area contributed by atoms with Gasteiger partial charge in [0.15, 0.2) is 17.3 Å². The summed E-state index contributed by atoms with van der Waals surface area (Å²) in [7, 11) is 0. The Hall–Kier alpha value is -3.08. The van der Waals surface area contributed by atoms with Crippen LogP contribution in [0.5, 0.6) is 11.5 Å². The smallest absolute Gasteiger partial charge is 0.330 e. The lowest BCUT2D eigenvalue weighted by molar-refractivity contribution is -0.138. The second-order valence-electron chi connectivity index (χ2n) is 4.60. The Morgan fingerprint density at radius 3 is 2.43 bits per heavy atom. The van der Waals surface area contributed by atoms with Gasteiger partial charge >= 0.3 is 5.97 Å². The molecule has 5 heteroatoms. The molecule has 2 aromatic rings. The van der Waals surface area contributed by atoms with Gasteiger partial charge in [-0.3, -0.25) is 4.79 Å². The van der Waals surface area contributed by atoms with E-state index < -0.39 is 5.97 Å². The summed E-state index contributed by atoms with van der Waals surface area (Å²) in [4.78, 5) is 23.1. The zero-order valence-corrected chi connectivity index (χ0v) is 12.4. The molecule has 0 aliphatic carbocycles. The molecule has 5 nitrogen and oxygen atoms in total. The van der Waals surface area contributed by atoms with Gasteiger partial charge < -0.3 is 14.6 Å². The molecule has 0 aliphatic heterocycles. The fourth-order valence-corrected chi connectivity index (χ4v) is 1.89. The van der Waals surface area contributed by atoms with Crippen molar-refractivity contribution >= 4 is 11.8 Å². The molecule has 0 saturated heterocycles. The Labute approximate surface area is 133 Å². The maximum Gasteiger partial charge on any atom is 0.330 e. The van der Waals surface area contributed by atoms with Gasteiger partial charge in [0.2, 0.25) is 0 Å². The van der Waals surface area contributed by atoms with Gasteiger partial charge in [0.05, 0.1) is 0 Å². The van der Waals surface area contributed by atoms with Gasteiger partial charge in [-0.25, -0.2) is 4.79 Å². The lowest BCUT2D eigenvalue weighted by Crippen LogP contribution is -2.10. The number of ether oxygens (including phenoxy) is 2. The molecule has 0 atom stereocenters. The van der Waals surface area contributed by atoms with Crippen LogP contribution in [0.2, 0.25) is 0 Å². The first-order valence-corrected chi connectivity index (χ1v) is 6.96. The Balaban J connectivity index is 1.99. The van der Waals surface area contributed by atoms with Crippen molar-refractivity contribution in [2.75, 3.05) is 13.2 Å². The van der Waals surface area contributed by atoms with E-state index in [1.54, 1.807) is 30.3 Å². The molecule has 0 fully saturated rings. The highest BCUT2D eigenvalue weighted by atomic mass is 16.6. The Morgan fingerprint density at radius 2 is 1.78 bits per heavy atom. The first kappa shape index (κ1) is 16.3. The van der Waals surface area contributed by atoms with Gasteiger partial charge in [0.25, 0.3) is 0 Å². The first-order chi connectivity index (χ1) is 11.1. The molecule has 0 saturated carbocycles. The van der Waals surface area contributed by atoms with Crippen LogP contribution in [0, 0.1) is 0 Å². The van der Waals surface area contributed by atoms with E-state index in [-0.39, 0.29) is 30.5 Å². The molecular weight excluding hydrogens is 296 g/mol.